The van der Waals surface area contributed by atoms with Crippen molar-refractivity contribution in [2.75, 3.05) is 6.54 Å². The minimum atomic E-state index is 0.346. The maximum Gasteiger partial charge on any atom is 0.100 e. The van der Waals surface area contributed by atoms with Gasteiger partial charge in [-0.15, -0.1) is 16.7 Å². The van der Waals surface area contributed by atoms with E-state index in [1.165, 1.54) is 12.8 Å². The van der Waals surface area contributed by atoms with E-state index in [9.17, 15) is 0 Å². The normalized spacial score (nSPS) is 19.5. The first kappa shape index (κ1) is 12.6. The van der Waals surface area contributed by atoms with E-state index in [1.807, 2.05) is 35.1 Å². The second kappa shape index (κ2) is 5.72. The zero-order chi connectivity index (χ0) is 13.1. The van der Waals surface area contributed by atoms with Crippen molar-refractivity contribution in [3.63, 3.8) is 0 Å². The van der Waals surface area contributed by atoms with Crippen LogP contribution in [0.2, 0.25) is 0 Å². The van der Waals surface area contributed by atoms with Gasteiger partial charge in [0.15, 0.2) is 0 Å². The molecule has 1 atom stereocenters. The molecule has 0 aliphatic carbocycles. The summed E-state index contributed by atoms with van der Waals surface area (Å²) in [6.07, 6.45) is 5.66. The van der Waals surface area contributed by atoms with Gasteiger partial charge in [0.25, 0.3) is 0 Å². The molecule has 5 heteroatoms. The number of hydrogen-bond donors (Lipinski definition) is 1. The second-order valence-electron chi connectivity index (χ2n) is 4.89. The topological polar surface area (TPSA) is 42.7 Å². The summed E-state index contributed by atoms with van der Waals surface area (Å²) in [7, 11) is 0. The van der Waals surface area contributed by atoms with E-state index in [0.717, 1.165) is 29.9 Å². The van der Waals surface area contributed by atoms with E-state index < -0.39 is 0 Å². The zero-order valence-corrected chi connectivity index (χ0v) is 11.5. The van der Waals surface area contributed by atoms with Crippen LogP contribution < -0.4 is 5.32 Å². The van der Waals surface area contributed by atoms with E-state index in [2.05, 4.69) is 15.6 Å². The van der Waals surface area contributed by atoms with Crippen LogP contribution in [-0.4, -0.2) is 21.5 Å². The van der Waals surface area contributed by atoms with Crippen molar-refractivity contribution in [2.24, 2.45) is 0 Å². The first-order valence-electron chi connectivity index (χ1n) is 6.68. The number of nitrogens with zero attached hydrogens (tertiary/aromatic N) is 3. The summed E-state index contributed by atoms with van der Waals surface area (Å²) >= 11 is 5.86. The van der Waals surface area contributed by atoms with E-state index in [1.54, 1.807) is 0 Å². The molecule has 1 unspecified atom stereocenters. The lowest BCUT2D eigenvalue weighted by Crippen LogP contribution is -2.27. The number of benzene rings is 1. The summed E-state index contributed by atoms with van der Waals surface area (Å²) in [5.74, 6) is 0.513. The third-order valence-corrected chi connectivity index (χ3v) is 3.82. The maximum atomic E-state index is 5.86. The van der Waals surface area contributed by atoms with Crippen molar-refractivity contribution in [2.45, 2.75) is 31.2 Å². The highest BCUT2D eigenvalue weighted by atomic mass is 35.5. The van der Waals surface area contributed by atoms with Gasteiger partial charge in [-0.05, 0) is 37.1 Å². The molecule has 0 saturated carbocycles. The fourth-order valence-corrected chi connectivity index (χ4v) is 2.62. The highest BCUT2D eigenvalue weighted by molar-refractivity contribution is 6.17. The van der Waals surface area contributed by atoms with Crippen LogP contribution in [0.15, 0.2) is 30.5 Å². The average Bonchev–Trinajstić information content (AvgIpc) is 2.98. The summed E-state index contributed by atoms with van der Waals surface area (Å²) < 4.78 is 1.82. The molecule has 1 aromatic carbocycles. The molecule has 1 aliphatic rings. The third-order valence-electron chi connectivity index (χ3n) is 3.51. The van der Waals surface area contributed by atoms with Crippen LogP contribution in [0.4, 0.5) is 0 Å². The molecule has 4 nitrogen and oxygen atoms in total. The Bertz CT molecular complexity index is 546. The summed E-state index contributed by atoms with van der Waals surface area (Å²) in [6.45, 7) is 1.07. The quantitative estimate of drug-likeness (QED) is 0.877. The van der Waals surface area contributed by atoms with Crippen LogP contribution in [0.3, 0.4) is 0 Å². The summed E-state index contributed by atoms with van der Waals surface area (Å²) in [5, 5.41) is 12.0. The average molecular weight is 277 g/mol. The van der Waals surface area contributed by atoms with Crippen LogP contribution in [0, 0.1) is 0 Å². The van der Waals surface area contributed by atoms with E-state index in [-0.39, 0.29) is 0 Å². The van der Waals surface area contributed by atoms with Gasteiger partial charge < -0.3 is 5.32 Å². The first-order chi connectivity index (χ1) is 9.36. The Hall–Kier alpha value is -1.39. The molecule has 100 valence electrons. The molecule has 0 bridgehead atoms. The van der Waals surface area contributed by atoms with Crippen molar-refractivity contribution in [1.82, 2.24) is 20.3 Å². The number of alkyl halides is 1. The molecule has 1 fully saturated rings. The van der Waals surface area contributed by atoms with Crippen molar-refractivity contribution < 1.29 is 0 Å². The fourth-order valence-electron chi connectivity index (χ4n) is 2.45. The van der Waals surface area contributed by atoms with Crippen molar-refractivity contribution in [3.8, 4) is 5.69 Å². The molecule has 1 saturated heterocycles. The Labute approximate surface area is 117 Å². The molecule has 2 aromatic rings. The molecule has 1 aromatic heterocycles. The van der Waals surface area contributed by atoms with Crippen LogP contribution >= 0.6 is 11.6 Å². The Morgan fingerprint density at radius 2 is 2.32 bits per heavy atom. The molecule has 19 heavy (non-hydrogen) atoms. The predicted molar refractivity (Wildman–Crippen MR) is 75.5 cm³/mol. The number of halogens is 1. The van der Waals surface area contributed by atoms with Crippen LogP contribution in [0.1, 0.15) is 36.6 Å². The Kier molecular flexibility index (Phi) is 3.80. The first-order valence-corrected chi connectivity index (χ1v) is 7.21. The molecule has 1 aliphatic heterocycles. The fraction of sp³-hybridized carbons (Fsp3) is 0.429. The molecule has 2 heterocycles. The molecule has 0 radical (unpaired) electrons. The lowest BCUT2D eigenvalue weighted by molar-refractivity contribution is 0.405. The monoisotopic (exact) mass is 276 g/mol. The van der Waals surface area contributed by atoms with Gasteiger partial charge >= 0.3 is 0 Å². The van der Waals surface area contributed by atoms with Crippen LogP contribution in [0.25, 0.3) is 5.69 Å². The van der Waals surface area contributed by atoms with Gasteiger partial charge in [-0.2, -0.15) is 0 Å². The smallest absolute Gasteiger partial charge is 0.100 e. The zero-order valence-electron chi connectivity index (χ0n) is 10.7. The highest BCUT2D eigenvalue weighted by Gasteiger charge is 2.18. The van der Waals surface area contributed by atoms with Crippen LogP contribution in [0.5, 0.6) is 0 Å². The molecule has 0 spiro atoms. The van der Waals surface area contributed by atoms with Crippen molar-refractivity contribution >= 4 is 11.6 Å². The Balaban J connectivity index is 1.83. The van der Waals surface area contributed by atoms with E-state index in [0.29, 0.717) is 11.9 Å². The lowest BCUT2D eigenvalue weighted by Gasteiger charge is -2.20. The molecule has 0 amide bonds. The third kappa shape index (κ3) is 2.80. The van der Waals surface area contributed by atoms with Crippen LogP contribution in [-0.2, 0) is 5.88 Å². The number of aromatic nitrogens is 3. The lowest BCUT2D eigenvalue weighted by atomic mass is 10.0. The minimum Gasteiger partial charge on any atom is -0.309 e. The summed E-state index contributed by atoms with van der Waals surface area (Å²) in [6, 6.07) is 8.41. The number of piperidine rings is 1. The SMILES string of the molecule is ClCc1cccc(-n2cc(C3CCCCN3)nn2)c1. The van der Waals surface area contributed by atoms with Crippen molar-refractivity contribution in [3.05, 3.63) is 41.7 Å². The minimum absolute atomic E-state index is 0.346. The van der Waals surface area contributed by atoms with Gasteiger partial charge in [-0.1, -0.05) is 23.8 Å². The van der Waals surface area contributed by atoms with Gasteiger partial charge in [0.1, 0.15) is 5.69 Å². The maximum absolute atomic E-state index is 5.86. The predicted octanol–water partition coefficient (Wildman–Crippen LogP) is 2.82. The highest BCUT2D eigenvalue weighted by Crippen LogP contribution is 2.21. The van der Waals surface area contributed by atoms with Crippen molar-refractivity contribution in [1.29, 1.82) is 0 Å². The van der Waals surface area contributed by atoms with Gasteiger partial charge in [0.05, 0.1) is 17.9 Å². The second-order valence-corrected chi connectivity index (χ2v) is 5.16. The number of hydrogen-bond acceptors (Lipinski definition) is 3. The summed E-state index contributed by atoms with van der Waals surface area (Å²) in [5.41, 5.74) is 3.12. The van der Waals surface area contributed by atoms with Gasteiger partial charge in [0, 0.05) is 5.88 Å². The standard InChI is InChI=1S/C14H17ClN4/c15-9-11-4-3-5-12(8-11)19-10-14(17-18-19)13-6-1-2-7-16-13/h3-5,8,10,13,16H,1-2,6-7,9H2. The number of rotatable bonds is 3. The largest absolute Gasteiger partial charge is 0.309 e. The van der Waals surface area contributed by atoms with Gasteiger partial charge in [-0.3, -0.25) is 0 Å². The van der Waals surface area contributed by atoms with E-state index in [4.69, 9.17) is 11.6 Å². The van der Waals surface area contributed by atoms with Gasteiger partial charge in [-0.25, -0.2) is 4.68 Å². The van der Waals surface area contributed by atoms with E-state index >= 15 is 0 Å². The molecule has 1 N–H and O–H groups in total. The number of nitrogens with one attached hydrogen (secondary N) is 1. The molecular weight excluding hydrogens is 260 g/mol. The molecular formula is C14H17ClN4. The Morgan fingerprint density at radius 3 is 3.11 bits per heavy atom. The molecule has 3 rings (SSSR count). The Morgan fingerprint density at radius 1 is 1.37 bits per heavy atom. The summed E-state index contributed by atoms with van der Waals surface area (Å²) in [4.78, 5) is 0. The van der Waals surface area contributed by atoms with Gasteiger partial charge in [0.2, 0.25) is 0 Å².